The van der Waals surface area contributed by atoms with E-state index in [4.69, 9.17) is 4.74 Å². The third-order valence-electron chi connectivity index (χ3n) is 3.46. The molecule has 26 heavy (non-hydrogen) atoms. The number of halogens is 1. The van der Waals surface area contributed by atoms with E-state index in [9.17, 15) is 13.2 Å². The fourth-order valence-corrected chi connectivity index (χ4v) is 3.60. The topological polar surface area (TPSA) is 109 Å². The molecule has 142 valence electrons. The number of ether oxygens (including phenoxy) is 1. The van der Waals surface area contributed by atoms with Crippen LogP contribution in [0.1, 0.15) is 0 Å². The molecule has 0 bridgehead atoms. The minimum absolute atomic E-state index is 0. The number of nitrogens with one attached hydrogen (secondary N) is 3. The van der Waals surface area contributed by atoms with Gasteiger partial charge < -0.3 is 15.4 Å². The summed E-state index contributed by atoms with van der Waals surface area (Å²) < 4.78 is 30.1. The molecule has 1 aromatic heterocycles. The number of carbonyl (C=O) groups is 1. The molecule has 1 aliphatic rings. The Balaban J connectivity index is 0.00000243. The number of rotatable bonds is 5. The van der Waals surface area contributed by atoms with Gasteiger partial charge in [-0.1, -0.05) is 12.1 Å². The zero-order valence-corrected chi connectivity index (χ0v) is 16.3. The summed E-state index contributed by atoms with van der Waals surface area (Å²) in [7, 11) is -3.30. The van der Waals surface area contributed by atoms with Crippen molar-refractivity contribution in [3.63, 3.8) is 0 Å². The average molecular weight is 419 g/mol. The number of anilines is 2. The maximum absolute atomic E-state index is 12.1. The van der Waals surface area contributed by atoms with Crippen molar-refractivity contribution in [1.82, 2.24) is 10.3 Å². The summed E-state index contributed by atoms with van der Waals surface area (Å²) in [5.41, 5.74) is 2.02. The van der Waals surface area contributed by atoms with E-state index in [1.165, 1.54) is 11.3 Å². The van der Waals surface area contributed by atoms with E-state index in [0.29, 0.717) is 36.3 Å². The Hall–Kier alpha value is -1.72. The van der Waals surface area contributed by atoms with Gasteiger partial charge in [0.1, 0.15) is 6.04 Å². The molecule has 3 rings (SSSR count). The standard InChI is InChI=1S/C15H18N4O4S2.ClH/c1-25(21,22)19-11-4-2-10(3-5-11)13-9-24-15(17-13)18-14(20)12-8-23-7-6-16-12;/h2-5,9,12,16,19H,6-8H2,1H3,(H,17,18,20);1H. The van der Waals surface area contributed by atoms with Crippen LogP contribution in [-0.4, -0.2) is 51.4 Å². The van der Waals surface area contributed by atoms with Crippen LogP contribution in [0, 0.1) is 0 Å². The lowest BCUT2D eigenvalue weighted by molar-refractivity contribution is -0.120. The normalized spacial score (nSPS) is 17.2. The number of nitrogens with zero attached hydrogens (tertiary/aromatic N) is 1. The zero-order chi connectivity index (χ0) is 17.9. The minimum atomic E-state index is -3.30. The van der Waals surface area contributed by atoms with Crippen molar-refractivity contribution in [2.45, 2.75) is 6.04 Å². The highest BCUT2D eigenvalue weighted by atomic mass is 35.5. The van der Waals surface area contributed by atoms with Crippen LogP contribution in [0.3, 0.4) is 0 Å². The Kier molecular flexibility index (Phi) is 6.95. The van der Waals surface area contributed by atoms with E-state index >= 15 is 0 Å². The van der Waals surface area contributed by atoms with Crippen LogP contribution in [0.4, 0.5) is 10.8 Å². The molecule has 8 nitrogen and oxygen atoms in total. The molecule has 11 heteroatoms. The molecule has 1 amide bonds. The molecule has 3 N–H and O–H groups in total. The van der Waals surface area contributed by atoms with E-state index in [0.717, 1.165) is 11.8 Å². The van der Waals surface area contributed by atoms with Crippen molar-refractivity contribution < 1.29 is 17.9 Å². The lowest BCUT2D eigenvalue weighted by Crippen LogP contribution is -2.48. The van der Waals surface area contributed by atoms with Crippen LogP contribution < -0.4 is 15.4 Å². The van der Waals surface area contributed by atoms with Crippen LogP contribution in [-0.2, 0) is 19.6 Å². The number of hydrogen-bond acceptors (Lipinski definition) is 7. The Bertz CT molecular complexity index is 849. The second-order valence-corrected chi connectivity index (χ2v) is 8.17. The average Bonchev–Trinajstić information content (AvgIpc) is 3.03. The van der Waals surface area contributed by atoms with Crippen LogP contribution >= 0.6 is 23.7 Å². The van der Waals surface area contributed by atoms with Gasteiger partial charge in [-0.05, 0) is 12.1 Å². The van der Waals surface area contributed by atoms with Crippen LogP contribution in [0.5, 0.6) is 0 Å². The van der Waals surface area contributed by atoms with E-state index in [1.807, 2.05) is 5.38 Å². The molecule has 0 spiro atoms. The number of benzene rings is 1. The van der Waals surface area contributed by atoms with Gasteiger partial charge in [0.25, 0.3) is 0 Å². The van der Waals surface area contributed by atoms with E-state index in [-0.39, 0.29) is 24.4 Å². The molecule has 1 aliphatic heterocycles. The fourth-order valence-electron chi connectivity index (χ4n) is 2.31. The van der Waals surface area contributed by atoms with E-state index in [1.54, 1.807) is 24.3 Å². The first-order valence-electron chi connectivity index (χ1n) is 7.56. The molecule has 0 saturated carbocycles. The molecule has 0 radical (unpaired) electrons. The number of aromatic nitrogens is 1. The Morgan fingerprint density at radius 2 is 2.08 bits per heavy atom. The van der Waals surface area contributed by atoms with Gasteiger partial charge in [0.05, 0.1) is 25.2 Å². The summed E-state index contributed by atoms with van der Waals surface area (Å²) in [5.74, 6) is -0.173. The smallest absolute Gasteiger partial charge is 0.245 e. The van der Waals surface area contributed by atoms with E-state index < -0.39 is 10.0 Å². The molecule has 0 aliphatic carbocycles. The van der Waals surface area contributed by atoms with Gasteiger partial charge in [0.15, 0.2) is 5.13 Å². The Morgan fingerprint density at radius 3 is 2.69 bits per heavy atom. The predicted octanol–water partition coefficient (Wildman–Crippen LogP) is 1.53. The summed E-state index contributed by atoms with van der Waals surface area (Å²) in [4.78, 5) is 16.5. The maximum Gasteiger partial charge on any atom is 0.245 e. The van der Waals surface area contributed by atoms with Gasteiger partial charge in [-0.25, -0.2) is 13.4 Å². The number of sulfonamides is 1. The Morgan fingerprint density at radius 1 is 1.35 bits per heavy atom. The molecule has 1 unspecified atom stereocenters. The number of morpholine rings is 1. The van der Waals surface area contributed by atoms with Gasteiger partial charge in [-0.3, -0.25) is 9.52 Å². The first kappa shape index (κ1) is 20.6. The van der Waals surface area contributed by atoms with Crippen LogP contribution in [0.2, 0.25) is 0 Å². The highest BCUT2D eigenvalue weighted by Gasteiger charge is 2.22. The lowest BCUT2D eigenvalue weighted by Gasteiger charge is -2.22. The van der Waals surface area contributed by atoms with E-state index in [2.05, 4.69) is 20.3 Å². The van der Waals surface area contributed by atoms with Crippen molar-refractivity contribution in [2.24, 2.45) is 0 Å². The van der Waals surface area contributed by atoms with Gasteiger partial charge >= 0.3 is 0 Å². The molecule has 1 aromatic carbocycles. The molecule has 2 heterocycles. The largest absolute Gasteiger partial charge is 0.378 e. The highest BCUT2D eigenvalue weighted by molar-refractivity contribution is 7.92. The van der Waals surface area contributed by atoms with Gasteiger partial charge in [-0.2, -0.15) is 0 Å². The maximum atomic E-state index is 12.1. The number of thiazole rings is 1. The van der Waals surface area contributed by atoms with Crippen molar-refractivity contribution in [1.29, 1.82) is 0 Å². The quantitative estimate of drug-likeness (QED) is 0.679. The number of amides is 1. The Labute approximate surface area is 161 Å². The van der Waals surface area contributed by atoms with Gasteiger partial charge in [0.2, 0.25) is 15.9 Å². The second-order valence-electron chi connectivity index (χ2n) is 5.56. The molecule has 2 aromatic rings. The van der Waals surface area contributed by atoms with Crippen molar-refractivity contribution >= 4 is 50.5 Å². The molecule has 1 saturated heterocycles. The van der Waals surface area contributed by atoms with Crippen molar-refractivity contribution in [2.75, 3.05) is 36.1 Å². The van der Waals surface area contributed by atoms with Crippen molar-refractivity contribution in [3.8, 4) is 11.3 Å². The second kappa shape index (κ2) is 8.78. The first-order chi connectivity index (χ1) is 11.9. The highest BCUT2D eigenvalue weighted by Crippen LogP contribution is 2.26. The van der Waals surface area contributed by atoms with Crippen LogP contribution in [0.25, 0.3) is 11.3 Å². The first-order valence-corrected chi connectivity index (χ1v) is 10.3. The summed E-state index contributed by atoms with van der Waals surface area (Å²) in [6, 6.07) is 6.49. The zero-order valence-electron chi connectivity index (χ0n) is 13.9. The third-order valence-corrected chi connectivity index (χ3v) is 4.82. The third kappa shape index (κ3) is 5.64. The summed E-state index contributed by atoms with van der Waals surface area (Å²) in [6.45, 7) is 1.60. The van der Waals surface area contributed by atoms with Gasteiger partial charge in [-0.15, -0.1) is 23.7 Å². The monoisotopic (exact) mass is 418 g/mol. The minimum Gasteiger partial charge on any atom is -0.378 e. The summed E-state index contributed by atoms with van der Waals surface area (Å²) >= 11 is 1.33. The molecule has 1 atom stereocenters. The number of hydrogen-bond donors (Lipinski definition) is 3. The summed E-state index contributed by atoms with van der Waals surface area (Å²) in [6.07, 6.45) is 1.10. The van der Waals surface area contributed by atoms with Gasteiger partial charge in [0, 0.05) is 23.2 Å². The fraction of sp³-hybridized carbons (Fsp3) is 0.333. The SMILES string of the molecule is CS(=O)(=O)Nc1ccc(-c2csc(NC(=O)C3COCCN3)n2)cc1.Cl. The summed E-state index contributed by atoms with van der Waals surface area (Å²) in [5, 5.41) is 8.20. The molecule has 1 fully saturated rings. The number of carbonyl (C=O) groups excluding carboxylic acids is 1. The van der Waals surface area contributed by atoms with Crippen molar-refractivity contribution in [3.05, 3.63) is 29.6 Å². The molecular formula is C15H19ClN4O4S2. The predicted molar refractivity (Wildman–Crippen MR) is 105 cm³/mol. The molecular weight excluding hydrogens is 400 g/mol. The van der Waals surface area contributed by atoms with Crippen LogP contribution in [0.15, 0.2) is 29.6 Å². The lowest BCUT2D eigenvalue weighted by atomic mass is 10.1.